The van der Waals surface area contributed by atoms with Crippen molar-refractivity contribution >= 4 is 28.3 Å². The zero-order valence-electron chi connectivity index (χ0n) is 12.5. The topological polar surface area (TPSA) is 116 Å². The first-order chi connectivity index (χ1) is 11.6. The average Bonchev–Trinajstić information content (AvgIpc) is 3.17. The maximum atomic E-state index is 12.2. The van der Waals surface area contributed by atoms with Gasteiger partial charge in [0.05, 0.1) is 24.9 Å². The molecule has 3 N–H and O–H groups in total. The molecule has 0 saturated carbocycles. The van der Waals surface area contributed by atoms with Crippen LogP contribution in [0.5, 0.6) is 0 Å². The molecule has 0 spiro atoms. The lowest BCUT2D eigenvalue weighted by molar-refractivity contribution is -0.117. The Balaban J connectivity index is 1.63. The van der Waals surface area contributed by atoms with E-state index in [9.17, 15) is 9.59 Å². The van der Waals surface area contributed by atoms with Crippen LogP contribution < -0.4 is 11.1 Å². The maximum Gasteiger partial charge on any atom is 0.279 e. The molecule has 1 aromatic carbocycles. The van der Waals surface area contributed by atoms with Gasteiger partial charge in [-0.1, -0.05) is 35.5 Å². The van der Waals surface area contributed by atoms with E-state index in [1.54, 1.807) is 16.3 Å². The van der Waals surface area contributed by atoms with Crippen molar-refractivity contribution in [3.8, 4) is 0 Å². The van der Waals surface area contributed by atoms with E-state index in [4.69, 9.17) is 5.73 Å². The highest BCUT2D eigenvalue weighted by Gasteiger charge is 2.13. The van der Waals surface area contributed by atoms with Gasteiger partial charge >= 0.3 is 0 Å². The number of hydrogen-bond donors (Lipinski definition) is 2. The molecular weight excluding hydrogens is 328 g/mol. The molecule has 0 aliphatic heterocycles. The average molecular weight is 342 g/mol. The number of carbonyl (C=O) groups excluding carboxylic acids is 2. The number of nitrogens with one attached hydrogen (secondary N) is 1. The fraction of sp³-hybridized carbons (Fsp3) is 0.133. The Kier molecular flexibility index (Phi) is 4.62. The number of anilines is 1. The van der Waals surface area contributed by atoms with Gasteiger partial charge in [-0.15, -0.1) is 16.4 Å². The molecule has 3 rings (SSSR count). The largest absolute Gasteiger partial charge is 0.369 e. The van der Waals surface area contributed by atoms with Crippen molar-refractivity contribution in [2.24, 2.45) is 5.73 Å². The van der Waals surface area contributed by atoms with Crippen molar-refractivity contribution in [2.45, 2.75) is 13.0 Å². The van der Waals surface area contributed by atoms with Crippen LogP contribution in [0, 0.1) is 0 Å². The van der Waals surface area contributed by atoms with Crippen LogP contribution in [-0.4, -0.2) is 31.8 Å². The molecule has 2 heterocycles. The van der Waals surface area contributed by atoms with E-state index < -0.39 is 11.8 Å². The zero-order valence-corrected chi connectivity index (χ0v) is 13.4. The van der Waals surface area contributed by atoms with Gasteiger partial charge in [-0.3, -0.25) is 14.9 Å². The minimum Gasteiger partial charge on any atom is -0.369 e. The Morgan fingerprint density at radius 2 is 2.04 bits per heavy atom. The summed E-state index contributed by atoms with van der Waals surface area (Å²) in [7, 11) is 0. The molecule has 0 saturated heterocycles. The monoisotopic (exact) mass is 342 g/mol. The quantitative estimate of drug-likeness (QED) is 0.695. The van der Waals surface area contributed by atoms with Gasteiger partial charge in [0.1, 0.15) is 0 Å². The predicted octanol–water partition coefficient (Wildman–Crippen LogP) is 1.06. The second-order valence-electron chi connectivity index (χ2n) is 5.03. The van der Waals surface area contributed by atoms with Crippen LogP contribution in [-0.2, 0) is 17.8 Å². The lowest BCUT2D eigenvalue weighted by Crippen LogP contribution is -2.14. The van der Waals surface area contributed by atoms with E-state index in [1.165, 1.54) is 11.3 Å². The highest BCUT2D eigenvalue weighted by Crippen LogP contribution is 2.16. The standard InChI is InChI=1S/C15H14N6O2S/c16-13(22)6-11-9-24-15(17-11)18-14(23)12-8-21(20-19-12)7-10-4-2-1-3-5-10/h1-5,8-9H,6-7H2,(H2,16,22)(H,17,18,23). The van der Waals surface area contributed by atoms with Crippen molar-refractivity contribution in [1.82, 2.24) is 20.0 Å². The first-order valence-electron chi connectivity index (χ1n) is 7.08. The highest BCUT2D eigenvalue weighted by atomic mass is 32.1. The number of hydrogen-bond acceptors (Lipinski definition) is 6. The number of benzene rings is 1. The SMILES string of the molecule is NC(=O)Cc1csc(NC(=O)c2cn(Cc3ccccc3)nn2)n1. The summed E-state index contributed by atoms with van der Waals surface area (Å²) in [6.45, 7) is 0.529. The summed E-state index contributed by atoms with van der Waals surface area (Å²) in [6, 6.07) is 9.75. The summed E-state index contributed by atoms with van der Waals surface area (Å²) < 4.78 is 1.59. The Morgan fingerprint density at radius 1 is 1.25 bits per heavy atom. The maximum absolute atomic E-state index is 12.2. The lowest BCUT2D eigenvalue weighted by atomic mass is 10.2. The predicted molar refractivity (Wildman–Crippen MR) is 88.5 cm³/mol. The molecule has 3 aromatic rings. The third-order valence-electron chi connectivity index (χ3n) is 3.09. The van der Waals surface area contributed by atoms with Gasteiger partial charge in [-0.25, -0.2) is 9.67 Å². The first-order valence-corrected chi connectivity index (χ1v) is 7.96. The van der Waals surface area contributed by atoms with Crippen LogP contribution in [0.4, 0.5) is 5.13 Å². The van der Waals surface area contributed by atoms with E-state index in [0.29, 0.717) is 17.4 Å². The third-order valence-corrected chi connectivity index (χ3v) is 3.89. The molecule has 0 aliphatic rings. The van der Waals surface area contributed by atoms with Gasteiger partial charge < -0.3 is 5.73 Å². The summed E-state index contributed by atoms with van der Waals surface area (Å²) in [5.74, 6) is -0.878. The fourth-order valence-electron chi connectivity index (χ4n) is 2.04. The van der Waals surface area contributed by atoms with Gasteiger partial charge in [0, 0.05) is 5.38 Å². The molecule has 0 unspecified atom stereocenters. The van der Waals surface area contributed by atoms with Crippen molar-refractivity contribution in [2.75, 3.05) is 5.32 Å². The molecule has 9 heteroatoms. The van der Waals surface area contributed by atoms with Crippen LogP contribution in [0.2, 0.25) is 0 Å². The van der Waals surface area contributed by atoms with Gasteiger partial charge in [-0.2, -0.15) is 0 Å². The Bertz CT molecular complexity index is 858. The van der Waals surface area contributed by atoms with Crippen LogP contribution >= 0.6 is 11.3 Å². The minimum atomic E-state index is -0.470. The van der Waals surface area contributed by atoms with Crippen molar-refractivity contribution < 1.29 is 9.59 Å². The number of nitrogens with zero attached hydrogens (tertiary/aromatic N) is 4. The smallest absolute Gasteiger partial charge is 0.279 e. The van der Waals surface area contributed by atoms with Crippen LogP contribution in [0.3, 0.4) is 0 Å². The Labute approximate surface area is 141 Å². The number of thiazole rings is 1. The van der Waals surface area contributed by atoms with E-state index in [1.807, 2.05) is 30.3 Å². The van der Waals surface area contributed by atoms with E-state index in [-0.39, 0.29) is 12.1 Å². The minimum absolute atomic E-state index is 0.0413. The zero-order chi connectivity index (χ0) is 16.9. The number of rotatable bonds is 6. The molecule has 0 bridgehead atoms. The summed E-state index contributed by atoms with van der Waals surface area (Å²) in [6.07, 6.45) is 1.61. The number of carbonyl (C=O) groups is 2. The molecular formula is C15H14N6O2S. The van der Waals surface area contributed by atoms with Crippen molar-refractivity contribution in [1.29, 1.82) is 0 Å². The Morgan fingerprint density at radius 3 is 2.79 bits per heavy atom. The Hall–Kier alpha value is -3.07. The summed E-state index contributed by atoms with van der Waals surface area (Å²) in [5.41, 5.74) is 6.89. The summed E-state index contributed by atoms with van der Waals surface area (Å²) in [4.78, 5) is 27.1. The van der Waals surface area contributed by atoms with Gasteiger partial charge in [-0.05, 0) is 5.56 Å². The van der Waals surface area contributed by atoms with Crippen LogP contribution in [0.25, 0.3) is 0 Å². The molecule has 24 heavy (non-hydrogen) atoms. The second kappa shape index (κ2) is 7.01. The molecule has 0 aliphatic carbocycles. The van der Waals surface area contributed by atoms with Gasteiger partial charge in [0.2, 0.25) is 5.91 Å². The van der Waals surface area contributed by atoms with Crippen LogP contribution in [0.15, 0.2) is 41.9 Å². The normalized spacial score (nSPS) is 10.5. The highest BCUT2D eigenvalue weighted by molar-refractivity contribution is 7.14. The number of primary amides is 1. The van der Waals surface area contributed by atoms with Crippen LogP contribution in [0.1, 0.15) is 21.7 Å². The number of aromatic nitrogens is 4. The molecule has 122 valence electrons. The molecule has 2 amide bonds. The summed E-state index contributed by atoms with van der Waals surface area (Å²) >= 11 is 1.22. The molecule has 8 nitrogen and oxygen atoms in total. The van der Waals surface area contributed by atoms with E-state index in [0.717, 1.165) is 5.56 Å². The molecule has 0 fully saturated rings. The van der Waals surface area contributed by atoms with Crippen molar-refractivity contribution in [3.63, 3.8) is 0 Å². The fourth-order valence-corrected chi connectivity index (χ4v) is 2.74. The second-order valence-corrected chi connectivity index (χ2v) is 5.89. The van der Waals surface area contributed by atoms with Crippen molar-refractivity contribution in [3.05, 3.63) is 58.9 Å². The van der Waals surface area contributed by atoms with Gasteiger partial charge in [0.15, 0.2) is 10.8 Å². The lowest BCUT2D eigenvalue weighted by Gasteiger charge is -1.99. The number of nitrogens with two attached hydrogens (primary N) is 1. The molecule has 0 radical (unpaired) electrons. The third kappa shape index (κ3) is 4.02. The first kappa shape index (κ1) is 15.8. The molecule has 0 atom stereocenters. The van der Waals surface area contributed by atoms with E-state index >= 15 is 0 Å². The summed E-state index contributed by atoms with van der Waals surface area (Å²) in [5, 5.41) is 12.5. The van der Waals surface area contributed by atoms with E-state index in [2.05, 4.69) is 20.6 Å². The number of amides is 2. The molecule has 2 aromatic heterocycles. The van der Waals surface area contributed by atoms with Gasteiger partial charge in [0.25, 0.3) is 5.91 Å².